The summed E-state index contributed by atoms with van der Waals surface area (Å²) in [5, 5.41) is 5.21. The number of sulfonamides is 1. The van der Waals surface area contributed by atoms with Crippen LogP contribution in [0.15, 0.2) is 59.5 Å². The largest absolute Gasteiger partial charge is 0.497 e. The summed E-state index contributed by atoms with van der Waals surface area (Å²) in [6.07, 6.45) is 0. The van der Waals surface area contributed by atoms with Gasteiger partial charge in [0.15, 0.2) is 11.5 Å². The Morgan fingerprint density at radius 1 is 0.793 bits per heavy atom. The van der Waals surface area contributed by atoms with Crippen molar-refractivity contribution in [1.29, 1.82) is 0 Å². The van der Waals surface area contributed by atoms with Crippen LogP contribution in [0.2, 0.25) is 0 Å². The monoisotopic (exact) mass is 413 g/mol. The van der Waals surface area contributed by atoms with E-state index in [9.17, 15) is 8.42 Å². The van der Waals surface area contributed by atoms with Crippen molar-refractivity contribution in [2.24, 2.45) is 5.14 Å². The lowest BCUT2D eigenvalue weighted by Gasteiger charge is -2.14. The highest BCUT2D eigenvalue weighted by molar-refractivity contribution is 7.89. The van der Waals surface area contributed by atoms with Crippen molar-refractivity contribution in [3.63, 3.8) is 0 Å². The zero-order valence-corrected chi connectivity index (χ0v) is 16.7. The second kappa shape index (κ2) is 7.31. The first kappa shape index (κ1) is 19.1. The molecule has 2 N–H and O–H groups in total. The number of nitrogens with two attached hydrogens (primary N) is 1. The molecular weight excluding hydrogens is 394 g/mol. The molecule has 1 heterocycles. The van der Waals surface area contributed by atoms with Gasteiger partial charge in [-0.05, 0) is 58.7 Å². The number of benzene rings is 3. The van der Waals surface area contributed by atoms with Crippen molar-refractivity contribution in [2.45, 2.75) is 4.90 Å². The molecule has 0 bridgehead atoms. The molecular formula is C21H19NO6S. The molecule has 0 saturated carbocycles. The maximum absolute atomic E-state index is 11.6. The van der Waals surface area contributed by atoms with Gasteiger partial charge in [-0.15, -0.1) is 0 Å². The van der Waals surface area contributed by atoms with Gasteiger partial charge in [-0.1, -0.05) is 12.1 Å². The van der Waals surface area contributed by atoms with Crippen LogP contribution in [0.25, 0.3) is 22.3 Å². The molecule has 1 aliphatic heterocycles. The Morgan fingerprint density at radius 3 is 1.79 bits per heavy atom. The summed E-state index contributed by atoms with van der Waals surface area (Å²) < 4.78 is 45.0. The second-order valence-corrected chi connectivity index (χ2v) is 7.98. The fraction of sp³-hybridized carbons (Fsp3) is 0.143. The van der Waals surface area contributed by atoms with Gasteiger partial charge in [0, 0.05) is 6.07 Å². The summed E-state index contributed by atoms with van der Waals surface area (Å²) in [5.41, 5.74) is 3.35. The quantitative estimate of drug-likeness (QED) is 0.688. The summed E-state index contributed by atoms with van der Waals surface area (Å²) in [6.45, 7) is 0.143. The Morgan fingerprint density at radius 2 is 1.31 bits per heavy atom. The van der Waals surface area contributed by atoms with Gasteiger partial charge < -0.3 is 18.9 Å². The average molecular weight is 413 g/mol. The fourth-order valence-corrected chi connectivity index (χ4v) is 3.72. The van der Waals surface area contributed by atoms with Crippen LogP contribution >= 0.6 is 0 Å². The summed E-state index contributed by atoms with van der Waals surface area (Å²) in [5.74, 6) is 2.54. The third-order valence-corrected chi connectivity index (χ3v) is 5.60. The van der Waals surface area contributed by atoms with Crippen molar-refractivity contribution < 1.29 is 27.4 Å². The molecule has 0 fully saturated rings. The van der Waals surface area contributed by atoms with Gasteiger partial charge in [-0.3, -0.25) is 0 Å². The summed E-state index contributed by atoms with van der Waals surface area (Å²) in [7, 11) is -0.593. The fourth-order valence-electron chi connectivity index (χ4n) is 3.21. The molecule has 0 radical (unpaired) electrons. The van der Waals surface area contributed by atoms with Crippen LogP contribution < -0.4 is 24.1 Å². The van der Waals surface area contributed by atoms with Crippen LogP contribution in [-0.2, 0) is 10.0 Å². The molecule has 0 aliphatic carbocycles. The number of rotatable bonds is 5. The highest BCUT2D eigenvalue weighted by Crippen LogP contribution is 2.44. The first-order valence-corrected chi connectivity index (χ1v) is 10.2. The summed E-state index contributed by atoms with van der Waals surface area (Å²) >= 11 is 0. The molecule has 0 atom stereocenters. The number of primary sulfonamides is 1. The molecule has 7 nitrogen and oxygen atoms in total. The van der Waals surface area contributed by atoms with Gasteiger partial charge in [0.1, 0.15) is 11.5 Å². The molecule has 0 saturated heterocycles. The molecule has 29 heavy (non-hydrogen) atoms. The van der Waals surface area contributed by atoms with Crippen molar-refractivity contribution in [1.82, 2.24) is 0 Å². The van der Waals surface area contributed by atoms with E-state index in [1.54, 1.807) is 32.4 Å². The second-order valence-electron chi connectivity index (χ2n) is 6.42. The minimum atomic E-state index is -3.77. The molecule has 0 aromatic heterocycles. The smallest absolute Gasteiger partial charge is 0.238 e. The van der Waals surface area contributed by atoms with Crippen molar-refractivity contribution in [3.8, 4) is 45.3 Å². The number of hydrogen-bond donors (Lipinski definition) is 1. The van der Waals surface area contributed by atoms with E-state index in [2.05, 4.69) is 0 Å². The average Bonchev–Trinajstić information content (AvgIpc) is 3.19. The van der Waals surface area contributed by atoms with Crippen LogP contribution in [0.5, 0.6) is 23.0 Å². The first-order valence-electron chi connectivity index (χ1n) is 8.69. The van der Waals surface area contributed by atoms with Crippen molar-refractivity contribution >= 4 is 10.0 Å². The molecule has 3 aromatic rings. The molecule has 0 spiro atoms. The highest BCUT2D eigenvalue weighted by atomic mass is 32.2. The Labute approximate surface area is 168 Å². The van der Waals surface area contributed by atoms with Gasteiger partial charge in [0.05, 0.1) is 19.1 Å². The normalized spacial score (nSPS) is 12.7. The number of fused-ring (bicyclic) bond motifs is 1. The highest BCUT2D eigenvalue weighted by Gasteiger charge is 2.20. The van der Waals surface area contributed by atoms with Gasteiger partial charge in [-0.25, -0.2) is 13.6 Å². The lowest BCUT2D eigenvalue weighted by atomic mass is 9.93. The topological polar surface area (TPSA) is 97.1 Å². The van der Waals surface area contributed by atoms with Crippen LogP contribution in [0.3, 0.4) is 0 Å². The summed E-state index contributed by atoms with van der Waals surface area (Å²) in [4.78, 5) is 0.0478. The molecule has 150 valence electrons. The maximum Gasteiger partial charge on any atom is 0.238 e. The Kier molecular flexibility index (Phi) is 4.81. The van der Waals surface area contributed by atoms with E-state index in [-0.39, 0.29) is 11.7 Å². The van der Waals surface area contributed by atoms with E-state index in [4.69, 9.17) is 24.1 Å². The maximum atomic E-state index is 11.6. The van der Waals surface area contributed by atoms with E-state index in [1.165, 1.54) is 12.1 Å². The van der Waals surface area contributed by atoms with E-state index >= 15 is 0 Å². The Hall–Kier alpha value is -3.23. The zero-order chi connectivity index (χ0) is 20.6. The van der Waals surface area contributed by atoms with Crippen LogP contribution in [0.1, 0.15) is 0 Å². The predicted octanol–water partition coefficient (Wildman–Crippen LogP) is 3.41. The molecule has 1 aliphatic rings. The third kappa shape index (κ3) is 3.72. The number of ether oxygens (including phenoxy) is 4. The number of methoxy groups -OCH3 is 2. The van der Waals surface area contributed by atoms with Crippen molar-refractivity contribution in [2.75, 3.05) is 21.0 Å². The third-order valence-electron chi connectivity index (χ3n) is 4.67. The first-order chi connectivity index (χ1) is 13.9. The van der Waals surface area contributed by atoms with Crippen LogP contribution in [0, 0.1) is 0 Å². The van der Waals surface area contributed by atoms with E-state index in [1.807, 2.05) is 24.3 Å². The Bertz CT molecular complexity index is 1150. The molecule has 4 rings (SSSR count). The number of hydrogen-bond acceptors (Lipinski definition) is 6. The SMILES string of the molecule is COc1cc(OC)cc(-c2cc3c(cc2-c2ccc(S(N)(=O)=O)cc2)OCO3)c1. The molecule has 0 unspecified atom stereocenters. The minimum Gasteiger partial charge on any atom is -0.497 e. The van der Waals surface area contributed by atoms with Gasteiger partial charge in [-0.2, -0.15) is 0 Å². The van der Waals surface area contributed by atoms with Gasteiger partial charge >= 0.3 is 0 Å². The van der Waals surface area contributed by atoms with E-state index in [0.29, 0.717) is 23.0 Å². The lowest BCUT2D eigenvalue weighted by Crippen LogP contribution is -2.11. The summed E-state index contributed by atoms with van der Waals surface area (Å²) in [6, 6.07) is 15.7. The van der Waals surface area contributed by atoms with Gasteiger partial charge in [0.25, 0.3) is 0 Å². The van der Waals surface area contributed by atoms with Crippen LogP contribution in [0.4, 0.5) is 0 Å². The molecule has 8 heteroatoms. The lowest BCUT2D eigenvalue weighted by molar-refractivity contribution is 0.174. The predicted molar refractivity (Wildman–Crippen MR) is 108 cm³/mol. The van der Waals surface area contributed by atoms with E-state index < -0.39 is 10.0 Å². The van der Waals surface area contributed by atoms with Gasteiger partial charge in [0.2, 0.25) is 16.8 Å². The zero-order valence-electron chi connectivity index (χ0n) is 15.8. The van der Waals surface area contributed by atoms with Crippen LogP contribution in [-0.4, -0.2) is 29.4 Å². The Balaban J connectivity index is 1.91. The van der Waals surface area contributed by atoms with Crippen molar-refractivity contribution in [3.05, 3.63) is 54.6 Å². The molecule has 0 amide bonds. The molecule has 3 aromatic carbocycles. The minimum absolute atomic E-state index is 0.0478. The van der Waals surface area contributed by atoms with E-state index in [0.717, 1.165) is 22.3 Å². The standard InChI is InChI=1S/C21H19NO6S/c1-25-15-7-14(8-16(9-15)26-2)19-11-21-20(27-12-28-21)10-18(19)13-3-5-17(6-4-13)29(22,23)24/h3-11H,12H2,1-2H3,(H2,22,23,24).